The normalized spacial score (nSPS) is 24.0. The molecule has 0 unspecified atom stereocenters. The van der Waals surface area contributed by atoms with Crippen molar-refractivity contribution in [3.05, 3.63) is 64.3 Å². The van der Waals surface area contributed by atoms with E-state index in [1.54, 1.807) is 9.13 Å². The zero-order valence-electron chi connectivity index (χ0n) is 16.2. The van der Waals surface area contributed by atoms with E-state index in [-0.39, 0.29) is 17.8 Å². The second-order valence-corrected chi connectivity index (χ2v) is 8.47. The van der Waals surface area contributed by atoms with Crippen LogP contribution in [0.4, 0.5) is 0 Å². The highest BCUT2D eigenvalue weighted by atomic mass is 32.2. The third-order valence-electron chi connectivity index (χ3n) is 5.97. The Morgan fingerprint density at radius 2 is 1.96 bits per heavy atom. The summed E-state index contributed by atoms with van der Waals surface area (Å²) < 4.78 is 3.42. The van der Waals surface area contributed by atoms with Crippen molar-refractivity contribution in [1.82, 2.24) is 19.0 Å². The van der Waals surface area contributed by atoms with Gasteiger partial charge in [0.1, 0.15) is 6.04 Å². The van der Waals surface area contributed by atoms with E-state index in [0.717, 1.165) is 34.1 Å². The van der Waals surface area contributed by atoms with Crippen LogP contribution >= 0.6 is 11.8 Å². The molecule has 7 heteroatoms. The number of thioether (sulfide) groups is 1. The number of nitrogens with zero attached hydrogens (tertiary/aromatic N) is 5. The Morgan fingerprint density at radius 1 is 1.14 bits per heavy atom. The Bertz CT molecular complexity index is 1130. The molecular weight excluding hydrogens is 370 g/mol. The van der Waals surface area contributed by atoms with Crippen LogP contribution in [-0.2, 0) is 14.1 Å². The number of hydrogen-bond acceptors (Lipinski definition) is 5. The van der Waals surface area contributed by atoms with Gasteiger partial charge in [-0.25, -0.2) is 4.79 Å². The maximum atomic E-state index is 12.4. The summed E-state index contributed by atoms with van der Waals surface area (Å²) in [6.45, 7) is 2.24. The van der Waals surface area contributed by atoms with Gasteiger partial charge < -0.3 is 4.90 Å². The van der Waals surface area contributed by atoms with Crippen molar-refractivity contribution in [3.8, 4) is 0 Å². The van der Waals surface area contributed by atoms with Crippen LogP contribution in [0.2, 0.25) is 0 Å². The van der Waals surface area contributed by atoms with Gasteiger partial charge in [-0.05, 0) is 36.2 Å². The van der Waals surface area contributed by atoms with Gasteiger partial charge in [0.15, 0.2) is 5.17 Å². The van der Waals surface area contributed by atoms with E-state index < -0.39 is 0 Å². The lowest BCUT2D eigenvalue weighted by molar-refractivity contribution is 0.255. The summed E-state index contributed by atoms with van der Waals surface area (Å²) in [6.07, 6.45) is 2.92. The third kappa shape index (κ3) is 2.45. The maximum absolute atomic E-state index is 12.4. The molecule has 0 aliphatic carbocycles. The first kappa shape index (κ1) is 17.6. The second kappa shape index (κ2) is 6.51. The van der Waals surface area contributed by atoms with E-state index >= 15 is 0 Å². The summed E-state index contributed by atoms with van der Waals surface area (Å²) in [5.74, 6) is 1.08. The summed E-state index contributed by atoms with van der Waals surface area (Å²) in [5.41, 5.74) is 4.08. The average molecular weight is 394 g/mol. The van der Waals surface area contributed by atoms with Crippen LogP contribution in [0.25, 0.3) is 11.0 Å². The molecular formula is C21H23N5OS. The number of amidine groups is 1. The predicted octanol–water partition coefficient (Wildman–Crippen LogP) is 3.25. The van der Waals surface area contributed by atoms with Crippen molar-refractivity contribution in [3.63, 3.8) is 0 Å². The molecule has 0 amide bonds. The molecule has 2 aliphatic heterocycles. The smallest absolute Gasteiger partial charge is 0.328 e. The molecule has 3 aromatic rings. The van der Waals surface area contributed by atoms with Crippen LogP contribution in [0.1, 0.15) is 36.7 Å². The molecule has 144 valence electrons. The van der Waals surface area contributed by atoms with Crippen LogP contribution in [0, 0.1) is 0 Å². The molecule has 4 heterocycles. The van der Waals surface area contributed by atoms with Gasteiger partial charge >= 0.3 is 5.69 Å². The van der Waals surface area contributed by atoms with Gasteiger partial charge in [0.2, 0.25) is 0 Å². The Labute approximate surface area is 167 Å². The Hall–Kier alpha value is -2.54. The Kier molecular flexibility index (Phi) is 4.08. The average Bonchev–Trinajstić information content (AvgIpc) is 3.36. The van der Waals surface area contributed by atoms with Gasteiger partial charge in [0, 0.05) is 32.1 Å². The summed E-state index contributed by atoms with van der Waals surface area (Å²) >= 11 is 1.84. The number of rotatable bonds is 3. The van der Waals surface area contributed by atoms with Crippen LogP contribution in [0.15, 0.2) is 52.4 Å². The van der Waals surface area contributed by atoms with Crippen molar-refractivity contribution >= 4 is 28.0 Å². The summed E-state index contributed by atoms with van der Waals surface area (Å²) in [7, 11) is 3.66. The van der Waals surface area contributed by atoms with E-state index in [9.17, 15) is 4.79 Å². The molecule has 0 radical (unpaired) electrons. The maximum Gasteiger partial charge on any atom is 0.328 e. The number of fused-ring (bicyclic) bond motifs is 2. The predicted molar refractivity (Wildman–Crippen MR) is 114 cm³/mol. The van der Waals surface area contributed by atoms with E-state index in [2.05, 4.69) is 41.1 Å². The molecule has 1 saturated heterocycles. The topological polar surface area (TPSA) is 55.4 Å². The monoisotopic (exact) mass is 393 g/mol. The first-order valence-corrected chi connectivity index (χ1v) is 10.6. The fraction of sp³-hybridized carbons (Fsp3) is 0.381. The van der Waals surface area contributed by atoms with Crippen LogP contribution in [0.5, 0.6) is 0 Å². The van der Waals surface area contributed by atoms with E-state index in [0.29, 0.717) is 6.04 Å². The van der Waals surface area contributed by atoms with Crippen molar-refractivity contribution in [1.29, 1.82) is 0 Å². The number of aliphatic imine (C=N–C) groups is 1. The minimum atomic E-state index is -0.0313. The van der Waals surface area contributed by atoms with Crippen molar-refractivity contribution in [2.24, 2.45) is 19.1 Å². The third-order valence-corrected chi connectivity index (χ3v) is 7.09. The second-order valence-electron chi connectivity index (χ2n) is 7.49. The number of hydrogen-bond donors (Lipinski definition) is 0. The highest BCUT2D eigenvalue weighted by Gasteiger charge is 2.45. The lowest BCUT2D eigenvalue weighted by atomic mass is 9.95. The molecule has 28 heavy (non-hydrogen) atoms. The van der Waals surface area contributed by atoms with E-state index in [1.807, 2.05) is 44.2 Å². The van der Waals surface area contributed by atoms with Gasteiger partial charge in [0.25, 0.3) is 0 Å². The van der Waals surface area contributed by atoms with Crippen molar-refractivity contribution in [2.45, 2.75) is 31.5 Å². The number of aromatic nitrogens is 3. The molecule has 0 N–H and O–H groups in total. The first-order valence-electron chi connectivity index (χ1n) is 9.65. The zero-order chi connectivity index (χ0) is 19.4. The highest BCUT2D eigenvalue weighted by molar-refractivity contribution is 8.14. The molecule has 2 aliphatic rings. The van der Waals surface area contributed by atoms with Crippen LogP contribution in [-0.4, -0.2) is 36.0 Å². The molecule has 0 spiro atoms. The van der Waals surface area contributed by atoms with Crippen molar-refractivity contribution in [2.75, 3.05) is 5.75 Å². The first-order chi connectivity index (χ1) is 13.6. The van der Waals surface area contributed by atoms with Gasteiger partial charge in [-0.15, -0.1) is 0 Å². The Morgan fingerprint density at radius 3 is 2.71 bits per heavy atom. The van der Waals surface area contributed by atoms with Gasteiger partial charge in [-0.1, -0.05) is 30.8 Å². The standard InChI is InChI=1S/C21H23N5OS/c1-4-14-12-28-20-23-18(15-7-5-6-10-22-15)19(26(14)20)13-8-9-16-17(11-13)25(3)21(27)24(16)2/h5-11,14,18-19H,4,12H2,1-3H3/t14-,18-,19-/m1/s1. The van der Waals surface area contributed by atoms with Gasteiger partial charge in [0.05, 0.1) is 22.8 Å². The molecule has 6 nitrogen and oxygen atoms in total. The number of benzene rings is 1. The molecule has 5 rings (SSSR count). The van der Waals surface area contributed by atoms with E-state index in [4.69, 9.17) is 4.99 Å². The zero-order valence-corrected chi connectivity index (χ0v) is 17.1. The van der Waals surface area contributed by atoms with Crippen LogP contribution < -0.4 is 5.69 Å². The van der Waals surface area contributed by atoms with Gasteiger partial charge in [-0.2, -0.15) is 0 Å². The summed E-state index contributed by atoms with van der Waals surface area (Å²) in [5, 5.41) is 1.12. The minimum absolute atomic E-state index is 0.0000465. The number of aryl methyl sites for hydroxylation is 2. The largest absolute Gasteiger partial charge is 0.338 e. The molecule has 1 aromatic carbocycles. The number of pyridine rings is 1. The van der Waals surface area contributed by atoms with Crippen molar-refractivity contribution < 1.29 is 0 Å². The molecule has 3 atom stereocenters. The molecule has 1 fully saturated rings. The lowest BCUT2D eigenvalue weighted by Crippen LogP contribution is -2.35. The van der Waals surface area contributed by atoms with Gasteiger partial charge in [-0.3, -0.25) is 19.1 Å². The molecule has 2 aromatic heterocycles. The summed E-state index contributed by atoms with van der Waals surface area (Å²) in [6, 6.07) is 12.9. The fourth-order valence-corrected chi connectivity index (χ4v) is 5.76. The molecule has 0 saturated carbocycles. The highest BCUT2D eigenvalue weighted by Crippen LogP contribution is 2.48. The van der Waals surface area contributed by atoms with Crippen LogP contribution in [0.3, 0.4) is 0 Å². The fourth-order valence-electron chi connectivity index (χ4n) is 4.42. The molecule has 0 bridgehead atoms. The SMILES string of the molecule is CC[C@@H]1CSC2=N[C@H](c3ccccn3)[C@@H](c3ccc4c(c3)n(C)c(=O)n4C)N21. The lowest BCUT2D eigenvalue weighted by Gasteiger charge is -2.32. The quantitative estimate of drug-likeness (QED) is 0.685. The summed E-state index contributed by atoms with van der Waals surface area (Å²) in [4.78, 5) is 24.5. The Balaban J connectivity index is 1.67. The van der Waals surface area contributed by atoms with E-state index in [1.165, 1.54) is 5.56 Å². The minimum Gasteiger partial charge on any atom is -0.338 e. The number of imidazole rings is 1.